The molecule has 1 aliphatic rings. The Hall–Kier alpha value is -1.13. The van der Waals surface area contributed by atoms with Crippen molar-refractivity contribution >= 4 is 22.5 Å². The maximum atomic E-state index is 13.6. The van der Waals surface area contributed by atoms with Crippen molar-refractivity contribution < 1.29 is 9.13 Å². The van der Waals surface area contributed by atoms with Crippen LogP contribution in [-0.2, 0) is 4.74 Å². The molecule has 1 atom stereocenters. The second-order valence-electron chi connectivity index (χ2n) is 4.23. The molecule has 2 aromatic rings. The average molecular weight is 255 g/mol. The van der Waals surface area contributed by atoms with Crippen molar-refractivity contribution in [3.05, 3.63) is 29.2 Å². The van der Waals surface area contributed by atoms with Gasteiger partial charge >= 0.3 is 0 Å². The van der Waals surface area contributed by atoms with Gasteiger partial charge < -0.3 is 4.74 Å². The van der Waals surface area contributed by atoms with Gasteiger partial charge in [-0.3, -0.25) is 0 Å². The highest BCUT2D eigenvalue weighted by molar-refractivity contribution is 6.31. The highest BCUT2D eigenvalue weighted by Gasteiger charge is 2.19. The van der Waals surface area contributed by atoms with Crippen LogP contribution in [-0.4, -0.2) is 16.4 Å². The normalized spacial score (nSPS) is 20.9. The van der Waals surface area contributed by atoms with Crippen molar-refractivity contribution in [3.8, 4) is 0 Å². The summed E-state index contributed by atoms with van der Waals surface area (Å²) < 4.78 is 21.0. The first-order chi connectivity index (χ1) is 8.25. The Bertz CT molecular complexity index is 549. The first kappa shape index (κ1) is 11.0. The Labute approximate surface area is 103 Å². The number of ether oxygens (including phenoxy) is 1. The molecule has 5 heteroatoms. The quantitative estimate of drug-likeness (QED) is 0.778. The van der Waals surface area contributed by atoms with Gasteiger partial charge in [-0.05, 0) is 31.4 Å². The van der Waals surface area contributed by atoms with Gasteiger partial charge in [0.05, 0.1) is 17.1 Å². The van der Waals surface area contributed by atoms with Crippen molar-refractivity contribution in [2.24, 2.45) is 0 Å². The summed E-state index contributed by atoms with van der Waals surface area (Å²) >= 11 is 5.87. The molecule has 1 fully saturated rings. The number of aromatic nitrogens is 2. The van der Waals surface area contributed by atoms with Crippen LogP contribution in [0.3, 0.4) is 0 Å². The van der Waals surface area contributed by atoms with Gasteiger partial charge in [-0.15, -0.1) is 0 Å². The maximum absolute atomic E-state index is 13.6. The topological polar surface area (TPSA) is 27.1 Å². The standard InChI is InChI=1S/C12H12ClFN2O/c13-8-5-10(14)9-7-15-16(11(9)6-8)12-3-1-2-4-17-12/h5-7,12H,1-4H2. The van der Waals surface area contributed by atoms with Crippen LogP contribution in [0, 0.1) is 5.82 Å². The smallest absolute Gasteiger partial charge is 0.150 e. The summed E-state index contributed by atoms with van der Waals surface area (Å²) in [6.45, 7) is 0.731. The largest absolute Gasteiger partial charge is 0.356 e. The Morgan fingerprint density at radius 3 is 3.06 bits per heavy atom. The number of halogens is 2. The highest BCUT2D eigenvalue weighted by Crippen LogP contribution is 2.29. The van der Waals surface area contributed by atoms with E-state index in [0.29, 0.717) is 15.9 Å². The minimum Gasteiger partial charge on any atom is -0.356 e. The van der Waals surface area contributed by atoms with Gasteiger partial charge in [-0.25, -0.2) is 9.07 Å². The number of hydrogen-bond acceptors (Lipinski definition) is 2. The molecule has 1 aromatic carbocycles. The first-order valence-electron chi connectivity index (χ1n) is 5.69. The molecule has 1 aromatic heterocycles. The summed E-state index contributed by atoms with van der Waals surface area (Å²) in [5.74, 6) is -0.338. The van der Waals surface area contributed by atoms with Crippen LogP contribution in [0.15, 0.2) is 18.3 Å². The summed E-state index contributed by atoms with van der Waals surface area (Å²) in [6, 6.07) is 3.03. The van der Waals surface area contributed by atoms with Crippen LogP contribution < -0.4 is 0 Å². The molecule has 2 heterocycles. The van der Waals surface area contributed by atoms with Crippen LogP contribution in [0.2, 0.25) is 5.02 Å². The second-order valence-corrected chi connectivity index (χ2v) is 4.67. The minimum absolute atomic E-state index is 0.0980. The predicted molar refractivity (Wildman–Crippen MR) is 63.5 cm³/mol. The van der Waals surface area contributed by atoms with E-state index in [4.69, 9.17) is 16.3 Å². The zero-order chi connectivity index (χ0) is 11.8. The third kappa shape index (κ3) is 1.91. The van der Waals surface area contributed by atoms with E-state index in [2.05, 4.69) is 5.10 Å². The lowest BCUT2D eigenvalue weighted by Gasteiger charge is -2.23. The molecule has 90 valence electrons. The lowest BCUT2D eigenvalue weighted by Crippen LogP contribution is -2.18. The zero-order valence-electron chi connectivity index (χ0n) is 9.20. The van der Waals surface area contributed by atoms with Gasteiger partial charge in [0.1, 0.15) is 5.82 Å². The summed E-state index contributed by atoms with van der Waals surface area (Å²) in [7, 11) is 0. The van der Waals surface area contributed by atoms with Gasteiger partial charge in [0.25, 0.3) is 0 Å². The fourth-order valence-electron chi connectivity index (χ4n) is 2.22. The van der Waals surface area contributed by atoms with Crippen LogP contribution in [0.1, 0.15) is 25.5 Å². The fourth-order valence-corrected chi connectivity index (χ4v) is 2.42. The molecule has 0 N–H and O–H groups in total. The molecule has 1 saturated heterocycles. The Kier molecular flexibility index (Phi) is 2.76. The van der Waals surface area contributed by atoms with E-state index in [1.54, 1.807) is 10.7 Å². The van der Waals surface area contributed by atoms with Gasteiger partial charge in [0, 0.05) is 11.6 Å². The monoisotopic (exact) mass is 254 g/mol. The minimum atomic E-state index is -0.338. The first-order valence-corrected chi connectivity index (χ1v) is 6.07. The summed E-state index contributed by atoms with van der Waals surface area (Å²) in [5.41, 5.74) is 0.696. The number of hydrogen-bond donors (Lipinski definition) is 0. The van der Waals surface area contributed by atoms with E-state index in [0.717, 1.165) is 25.9 Å². The van der Waals surface area contributed by atoms with E-state index < -0.39 is 0 Å². The van der Waals surface area contributed by atoms with Gasteiger partial charge in [-0.1, -0.05) is 11.6 Å². The molecule has 1 unspecified atom stereocenters. The molecule has 0 spiro atoms. The predicted octanol–water partition coefficient (Wildman–Crippen LogP) is 3.53. The third-order valence-corrected chi connectivity index (χ3v) is 3.28. The van der Waals surface area contributed by atoms with Crippen LogP contribution in [0.25, 0.3) is 10.9 Å². The second kappa shape index (κ2) is 4.27. The van der Waals surface area contributed by atoms with E-state index in [1.807, 2.05) is 0 Å². The Morgan fingerprint density at radius 1 is 1.41 bits per heavy atom. The molecular weight excluding hydrogens is 243 g/mol. The molecule has 17 heavy (non-hydrogen) atoms. The lowest BCUT2D eigenvalue weighted by molar-refractivity contribution is -0.0366. The van der Waals surface area contributed by atoms with Crippen molar-refractivity contribution in [2.45, 2.75) is 25.5 Å². The Morgan fingerprint density at radius 2 is 2.29 bits per heavy atom. The molecule has 0 amide bonds. The summed E-state index contributed by atoms with van der Waals surface area (Å²) in [6.07, 6.45) is 4.52. The van der Waals surface area contributed by atoms with E-state index in [-0.39, 0.29) is 12.0 Å². The molecule has 0 saturated carbocycles. The van der Waals surface area contributed by atoms with Crippen molar-refractivity contribution in [3.63, 3.8) is 0 Å². The zero-order valence-corrected chi connectivity index (χ0v) is 9.95. The molecule has 0 bridgehead atoms. The summed E-state index contributed by atoms with van der Waals surface area (Å²) in [4.78, 5) is 0. The number of rotatable bonds is 1. The molecule has 0 radical (unpaired) electrons. The molecule has 3 nitrogen and oxygen atoms in total. The van der Waals surface area contributed by atoms with Crippen molar-refractivity contribution in [1.29, 1.82) is 0 Å². The van der Waals surface area contributed by atoms with Crippen LogP contribution >= 0.6 is 11.6 Å². The van der Waals surface area contributed by atoms with E-state index in [9.17, 15) is 4.39 Å². The lowest BCUT2D eigenvalue weighted by atomic mass is 10.2. The molecule has 0 aliphatic carbocycles. The van der Waals surface area contributed by atoms with E-state index in [1.165, 1.54) is 12.3 Å². The fraction of sp³-hybridized carbons (Fsp3) is 0.417. The number of nitrogens with zero attached hydrogens (tertiary/aromatic N) is 2. The van der Waals surface area contributed by atoms with Gasteiger partial charge in [-0.2, -0.15) is 5.10 Å². The summed E-state index contributed by atoms with van der Waals surface area (Å²) in [5, 5.41) is 5.09. The van der Waals surface area contributed by atoms with Gasteiger partial charge in [0.2, 0.25) is 0 Å². The SMILES string of the molecule is Fc1cc(Cl)cc2c1cnn2C1CCCCO1. The van der Waals surface area contributed by atoms with Gasteiger partial charge in [0.15, 0.2) is 6.23 Å². The Balaban J connectivity index is 2.10. The molecule has 1 aliphatic heterocycles. The number of benzene rings is 1. The maximum Gasteiger partial charge on any atom is 0.150 e. The highest BCUT2D eigenvalue weighted by atomic mass is 35.5. The van der Waals surface area contributed by atoms with Crippen molar-refractivity contribution in [2.75, 3.05) is 6.61 Å². The number of fused-ring (bicyclic) bond motifs is 1. The van der Waals surface area contributed by atoms with Crippen molar-refractivity contribution in [1.82, 2.24) is 9.78 Å². The molecular formula is C12H12ClFN2O. The van der Waals surface area contributed by atoms with Crippen LogP contribution in [0.5, 0.6) is 0 Å². The third-order valence-electron chi connectivity index (χ3n) is 3.06. The molecule has 3 rings (SSSR count). The van der Waals surface area contributed by atoms with E-state index >= 15 is 0 Å². The average Bonchev–Trinajstić information content (AvgIpc) is 2.74. The van der Waals surface area contributed by atoms with Crippen LogP contribution in [0.4, 0.5) is 4.39 Å².